The second-order valence-electron chi connectivity index (χ2n) is 9.31. The molecule has 0 spiro atoms. The first-order chi connectivity index (χ1) is 17.9. The minimum Gasteiger partial charge on any atom is -0.379 e. The summed E-state index contributed by atoms with van der Waals surface area (Å²) in [6.07, 6.45) is 5.01. The standard InChI is InChI=1S/C23H35N9O4S/c1-31(12-4-10-25-17-9-8-16(29-30-24)14-19(17)32(35)36)13-5-11-26-21(33)7-3-2-6-20-22-18(15-37-20)27-23(34)28-22/h8-9,14,18,20,22,24H,2-7,10-13,15H2,1H3,(H3,26,27,28,33,34)/p+1. The van der Waals surface area contributed by atoms with Crippen LogP contribution < -0.4 is 26.2 Å². The zero-order valence-electron chi connectivity index (χ0n) is 21.1. The lowest BCUT2D eigenvalue weighted by atomic mass is 10.0. The second-order valence-corrected chi connectivity index (χ2v) is 10.6. The van der Waals surface area contributed by atoms with Crippen molar-refractivity contribution in [2.24, 2.45) is 5.11 Å². The van der Waals surface area contributed by atoms with E-state index in [9.17, 15) is 19.7 Å². The number of anilines is 1. The molecule has 37 heavy (non-hydrogen) atoms. The Labute approximate surface area is 220 Å². The van der Waals surface area contributed by atoms with E-state index in [0.29, 0.717) is 30.4 Å². The number of carbonyl (C=O) groups excluding carboxylic acids is 2. The van der Waals surface area contributed by atoms with Gasteiger partial charge in [-0.2, -0.15) is 11.8 Å². The van der Waals surface area contributed by atoms with E-state index in [-0.39, 0.29) is 35.4 Å². The third-order valence-corrected chi connectivity index (χ3v) is 8.00. The first-order valence-corrected chi connectivity index (χ1v) is 13.7. The van der Waals surface area contributed by atoms with E-state index >= 15 is 0 Å². The number of rotatable bonds is 16. The zero-order valence-corrected chi connectivity index (χ0v) is 21.9. The van der Waals surface area contributed by atoms with Crippen LogP contribution in [0, 0.1) is 15.6 Å². The van der Waals surface area contributed by atoms with Gasteiger partial charge in [-0.05, 0) is 58.0 Å². The van der Waals surface area contributed by atoms with Crippen LogP contribution in [0.3, 0.4) is 0 Å². The molecule has 0 saturated carbocycles. The normalized spacial score (nSPS) is 20.1. The summed E-state index contributed by atoms with van der Waals surface area (Å²) in [6.45, 7) is 2.87. The lowest BCUT2D eigenvalue weighted by molar-refractivity contribution is -0.383. The lowest BCUT2D eigenvalue weighted by Crippen LogP contribution is -2.36. The molecule has 1 aromatic rings. The Morgan fingerprint density at radius 1 is 1.27 bits per heavy atom. The summed E-state index contributed by atoms with van der Waals surface area (Å²) in [5, 5.41) is 27.3. The average molecular weight is 535 g/mol. The number of thioether (sulfide) groups is 1. The van der Waals surface area contributed by atoms with E-state index in [0.717, 1.165) is 50.9 Å². The fourth-order valence-electron chi connectivity index (χ4n) is 4.56. The number of urea groups is 1. The molecule has 0 radical (unpaired) electrons. The number of nitro groups is 1. The van der Waals surface area contributed by atoms with Gasteiger partial charge in [0.25, 0.3) is 5.69 Å². The quantitative estimate of drug-likeness (QED) is 0.0540. The Hall–Kier alpha value is -3.22. The molecule has 3 unspecified atom stereocenters. The molecule has 14 heteroatoms. The summed E-state index contributed by atoms with van der Waals surface area (Å²) in [4.78, 5) is 39.4. The van der Waals surface area contributed by atoms with E-state index in [2.05, 4.69) is 36.2 Å². The highest BCUT2D eigenvalue weighted by Gasteiger charge is 2.42. The van der Waals surface area contributed by atoms with Crippen LogP contribution in [0.5, 0.6) is 0 Å². The number of nitrogens with one attached hydrogen (secondary N) is 5. The number of hydrogen-bond donors (Lipinski definition) is 5. The van der Waals surface area contributed by atoms with Crippen molar-refractivity contribution in [2.75, 3.05) is 44.3 Å². The topological polar surface area (TPSA) is 179 Å². The average Bonchev–Trinajstić information content (AvgIpc) is 3.42. The van der Waals surface area contributed by atoms with Crippen molar-refractivity contribution in [2.45, 2.75) is 55.9 Å². The fourth-order valence-corrected chi connectivity index (χ4v) is 6.11. The molecule has 0 aromatic heterocycles. The smallest absolute Gasteiger partial charge is 0.315 e. The number of nitrogens with zero attached hydrogens (tertiary/aromatic N) is 4. The first-order valence-electron chi connectivity index (χ1n) is 12.6. The Kier molecular flexibility index (Phi) is 11.1. The van der Waals surface area contributed by atoms with Gasteiger partial charge < -0.3 is 26.2 Å². The van der Waals surface area contributed by atoms with Gasteiger partial charge in [0.1, 0.15) is 11.2 Å². The van der Waals surface area contributed by atoms with Gasteiger partial charge in [0.2, 0.25) is 10.8 Å². The highest BCUT2D eigenvalue weighted by Crippen LogP contribution is 2.33. The summed E-state index contributed by atoms with van der Waals surface area (Å²) < 4.78 is 0. The minimum atomic E-state index is -0.483. The fraction of sp³-hybridized carbons (Fsp3) is 0.652. The molecule has 2 aliphatic heterocycles. The van der Waals surface area contributed by atoms with Gasteiger partial charge in [-0.15, -0.1) is 0 Å². The van der Waals surface area contributed by atoms with Crippen LogP contribution in [0.25, 0.3) is 0 Å². The van der Waals surface area contributed by atoms with Crippen LogP contribution in [0.4, 0.5) is 21.9 Å². The number of hydrogen-bond acceptors (Lipinski definition) is 9. The van der Waals surface area contributed by atoms with Gasteiger partial charge in [0, 0.05) is 30.5 Å². The summed E-state index contributed by atoms with van der Waals surface area (Å²) in [6, 6.07) is 4.84. The van der Waals surface area contributed by atoms with Crippen molar-refractivity contribution < 1.29 is 14.5 Å². The second kappa shape index (κ2) is 14.5. The number of nitro benzene ring substituents is 1. The van der Waals surface area contributed by atoms with E-state index in [1.54, 1.807) is 12.1 Å². The van der Waals surface area contributed by atoms with Crippen LogP contribution in [0.15, 0.2) is 23.3 Å². The van der Waals surface area contributed by atoms with E-state index < -0.39 is 4.92 Å². The minimum absolute atomic E-state index is 0.0646. The van der Waals surface area contributed by atoms with Crippen molar-refractivity contribution >= 4 is 40.8 Å². The van der Waals surface area contributed by atoms with Gasteiger partial charge >= 0.3 is 6.03 Å². The number of carbonyl (C=O) groups is 2. The SMILES string of the molecule is CN(CCCNC(=O)CCCCC1SCC2NC(=O)NC21)CCCNc1ccc(N=[N+]=N)cc1[N+](=O)[O-]. The molecule has 2 aliphatic rings. The Morgan fingerprint density at radius 3 is 2.81 bits per heavy atom. The van der Waals surface area contributed by atoms with Crippen LogP contribution in [-0.4, -0.2) is 78.1 Å². The van der Waals surface area contributed by atoms with Crippen LogP contribution >= 0.6 is 11.8 Å². The molecule has 3 atom stereocenters. The maximum Gasteiger partial charge on any atom is 0.315 e. The number of unbranched alkanes of at least 4 members (excludes halogenated alkanes) is 1. The molecule has 2 fully saturated rings. The van der Waals surface area contributed by atoms with E-state index in [4.69, 9.17) is 5.53 Å². The van der Waals surface area contributed by atoms with E-state index in [1.165, 1.54) is 6.07 Å². The Morgan fingerprint density at radius 2 is 2.05 bits per heavy atom. The molecular formula is C23H36N9O4S+. The van der Waals surface area contributed by atoms with Crippen molar-refractivity contribution in [1.82, 2.24) is 25.8 Å². The van der Waals surface area contributed by atoms with Gasteiger partial charge in [0.15, 0.2) is 10.8 Å². The maximum atomic E-state index is 12.1. The molecule has 5 N–H and O–H groups in total. The molecule has 3 rings (SSSR count). The summed E-state index contributed by atoms with van der Waals surface area (Å²) in [5.74, 6) is 1.04. The number of benzene rings is 1. The predicted octanol–water partition coefficient (Wildman–Crippen LogP) is 2.74. The molecule has 2 saturated heterocycles. The summed E-state index contributed by atoms with van der Waals surface area (Å²) in [7, 11) is 2.01. The van der Waals surface area contributed by atoms with Crippen molar-refractivity contribution in [3.8, 4) is 0 Å². The Bertz CT molecular complexity index is 1000. The highest BCUT2D eigenvalue weighted by atomic mass is 32.2. The summed E-state index contributed by atoms with van der Waals surface area (Å²) in [5.41, 5.74) is 7.32. The molecule has 3 amide bonds. The third-order valence-electron chi connectivity index (χ3n) is 6.49. The van der Waals surface area contributed by atoms with Gasteiger partial charge in [-0.25, -0.2) is 4.79 Å². The first kappa shape index (κ1) is 28.4. The van der Waals surface area contributed by atoms with Gasteiger partial charge in [-0.1, -0.05) is 6.42 Å². The van der Waals surface area contributed by atoms with Gasteiger partial charge in [-0.3, -0.25) is 14.9 Å². The monoisotopic (exact) mass is 534 g/mol. The van der Waals surface area contributed by atoms with Crippen molar-refractivity contribution in [1.29, 1.82) is 5.53 Å². The molecule has 0 bridgehead atoms. The van der Waals surface area contributed by atoms with Crippen LogP contribution in [0.2, 0.25) is 0 Å². The molecule has 1 aromatic carbocycles. The highest BCUT2D eigenvalue weighted by molar-refractivity contribution is 8.00. The van der Waals surface area contributed by atoms with Crippen LogP contribution in [-0.2, 0) is 4.79 Å². The lowest BCUT2D eigenvalue weighted by Gasteiger charge is -2.17. The largest absolute Gasteiger partial charge is 0.379 e. The molecular weight excluding hydrogens is 498 g/mol. The Balaban J connectivity index is 1.20. The van der Waals surface area contributed by atoms with Crippen molar-refractivity contribution in [3.63, 3.8) is 0 Å². The van der Waals surface area contributed by atoms with E-state index in [1.807, 2.05) is 18.8 Å². The summed E-state index contributed by atoms with van der Waals surface area (Å²) >= 11 is 1.90. The zero-order chi connectivity index (χ0) is 26.6. The van der Waals surface area contributed by atoms with Crippen molar-refractivity contribution in [3.05, 3.63) is 28.3 Å². The van der Waals surface area contributed by atoms with Crippen LogP contribution in [0.1, 0.15) is 38.5 Å². The number of amides is 3. The number of fused-ring (bicyclic) bond motifs is 1. The maximum absolute atomic E-state index is 12.1. The third kappa shape index (κ3) is 8.99. The molecule has 202 valence electrons. The molecule has 13 nitrogen and oxygen atoms in total. The molecule has 0 aliphatic carbocycles. The molecule has 2 heterocycles. The van der Waals surface area contributed by atoms with Gasteiger partial charge in [0.05, 0.1) is 23.1 Å². The predicted molar refractivity (Wildman–Crippen MR) is 142 cm³/mol.